The van der Waals surface area contributed by atoms with Crippen molar-refractivity contribution >= 4 is 15.9 Å². The van der Waals surface area contributed by atoms with Gasteiger partial charge in [-0.05, 0) is 30.5 Å². The Labute approximate surface area is 170 Å². The van der Waals surface area contributed by atoms with E-state index in [0.717, 1.165) is 21.5 Å². The van der Waals surface area contributed by atoms with Crippen LogP contribution in [-0.2, 0) is 39.3 Å². The summed E-state index contributed by atoms with van der Waals surface area (Å²) in [6.07, 6.45) is 0. The van der Waals surface area contributed by atoms with Crippen LogP contribution in [-0.4, -0.2) is 11.2 Å². The molecule has 0 saturated carbocycles. The third kappa shape index (κ3) is 4.79. The zero-order valence-corrected chi connectivity index (χ0v) is 17.9. The van der Waals surface area contributed by atoms with Crippen molar-refractivity contribution in [1.29, 1.82) is 0 Å². The molecule has 0 amide bonds. The molecule has 0 unspecified atom stereocenters. The summed E-state index contributed by atoms with van der Waals surface area (Å²) in [6, 6.07) is 10.6. The van der Waals surface area contributed by atoms with Crippen molar-refractivity contribution in [3.8, 4) is 28.8 Å². The van der Waals surface area contributed by atoms with Gasteiger partial charge in [0.1, 0.15) is 12.4 Å². The summed E-state index contributed by atoms with van der Waals surface area (Å²) < 4.78 is 8.11. The molecule has 0 saturated heterocycles. The molecule has 3 nitrogen and oxygen atoms in total. The normalized spacial score (nSPS) is 9.57. The number of halogens is 1. The van der Waals surface area contributed by atoms with Gasteiger partial charge in [0.05, 0.1) is 0 Å². The second-order valence-corrected chi connectivity index (χ2v) is 5.58. The summed E-state index contributed by atoms with van der Waals surface area (Å²) in [5.41, 5.74) is 2.39. The van der Waals surface area contributed by atoms with E-state index in [0.29, 0.717) is 18.7 Å². The van der Waals surface area contributed by atoms with E-state index in [9.17, 15) is 4.79 Å². The van der Waals surface area contributed by atoms with Crippen molar-refractivity contribution in [2.24, 2.45) is 0 Å². The predicted octanol–water partition coefficient (Wildman–Crippen LogP) is 3.81. The number of hydrogen-bond acceptors (Lipinski definition) is 2. The molecular weight excluding hydrogens is 431 g/mol. The van der Waals surface area contributed by atoms with Gasteiger partial charge >= 0.3 is 0 Å². The Balaban J connectivity index is 0.00000264. The van der Waals surface area contributed by atoms with Crippen LogP contribution in [0.4, 0.5) is 0 Å². The molecule has 1 aromatic heterocycles. The zero-order chi connectivity index (χ0) is 16.1. The largest absolute Gasteiger partial charge is 0.481 e. The van der Waals surface area contributed by atoms with Gasteiger partial charge in [0.2, 0.25) is 0 Å². The Kier molecular flexibility index (Phi) is 8.26. The Bertz CT molecular complexity index is 803. The predicted molar refractivity (Wildman–Crippen MR) is 92.0 cm³/mol. The van der Waals surface area contributed by atoms with E-state index >= 15 is 0 Å². The summed E-state index contributed by atoms with van der Waals surface area (Å²) in [7, 11) is 0. The number of nitrogens with zero attached hydrogens (tertiary/aromatic N) is 1. The van der Waals surface area contributed by atoms with Crippen LogP contribution >= 0.6 is 15.9 Å². The molecule has 0 N–H and O–H groups in total. The van der Waals surface area contributed by atoms with Crippen molar-refractivity contribution in [3.63, 3.8) is 0 Å². The van der Waals surface area contributed by atoms with Gasteiger partial charge in [-0.15, -0.1) is 12.0 Å². The maximum absolute atomic E-state index is 12.2. The van der Waals surface area contributed by atoms with E-state index in [1.165, 1.54) is 0 Å². The average molecular weight is 448 g/mol. The summed E-state index contributed by atoms with van der Waals surface area (Å²) in [6.45, 7) is 6.49. The molecule has 5 heteroatoms. The van der Waals surface area contributed by atoms with Gasteiger partial charge in [0.25, 0.3) is 0 Å². The summed E-state index contributed by atoms with van der Waals surface area (Å²) >= 11 is 3.55. The molecule has 23 heavy (non-hydrogen) atoms. The number of aryl methyl sites for hydroxylation is 1. The van der Waals surface area contributed by atoms with Gasteiger partial charge in [-0.2, -0.15) is 12.1 Å². The number of pyridine rings is 1. The van der Waals surface area contributed by atoms with Crippen LogP contribution in [0.5, 0.6) is 5.75 Å². The second kappa shape index (κ2) is 9.42. The Hall–Kier alpha value is -0.886. The quantitative estimate of drug-likeness (QED) is 0.527. The Morgan fingerprint density at radius 3 is 2.74 bits per heavy atom. The minimum Gasteiger partial charge on any atom is -0.481 e. The number of rotatable bonds is 4. The van der Waals surface area contributed by atoms with Crippen LogP contribution in [0.1, 0.15) is 19.4 Å². The minimum absolute atomic E-state index is 0. The van der Waals surface area contributed by atoms with Crippen LogP contribution in [0.3, 0.4) is 0 Å². The molecule has 2 rings (SSSR count). The third-order valence-electron chi connectivity index (χ3n) is 3.28. The van der Waals surface area contributed by atoms with E-state index in [-0.39, 0.29) is 38.3 Å². The average Bonchev–Trinajstić information content (AvgIpc) is 2.51. The molecule has 1 heterocycles. The first-order valence-electron chi connectivity index (χ1n) is 7.03. The van der Waals surface area contributed by atoms with E-state index in [1.807, 2.05) is 25.1 Å². The number of aromatic nitrogens is 1. The van der Waals surface area contributed by atoms with Gasteiger partial charge in [-0.3, -0.25) is 4.79 Å². The van der Waals surface area contributed by atoms with Crippen molar-refractivity contribution in [3.05, 3.63) is 50.7 Å². The molecule has 0 atom stereocenters. The molecule has 1 radical (unpaired) electrons. The monoisotopic (exact) mass is 447 g/mol. The van der Waals surface area contributed by atoms with E-state index in [4.69, 9.17) is 4.74 Å². The molecule has 0 aliphatic heterocycles. The van der Waals surface area contributed by atoms with Crippen LogP contribution in [0, 0.1) is 24.8 Å². The molecule has 0 spiro atoms. The first-order chi connectivity index (χ1) is 10.6. The molecule has 0 fully saturated rings. The zero-order valence-electron chi connectivity index (χ0n) is 13.4. The molecular formula is C18H17BrNO2Y-. The third-order valence-corrected chi connectivity index (χ3v) is 3.93. The van der Waals surface area contributed by atoms with Crippen LogP contribution in [0.15, 0.2) is 33.5 Å². The van der Waals surface area contributed by atoms with E-state index in [2.05, 4.69) is 33.8 Å². The fourth-order valence-corrected chi connectivity index (χ4v) is 2.67. The van der Waals surface area contributed by atoms with Crippen molar-refractivity contribution in [2.75, 3.05) is 6.61 Å². The summed E-state index contributed by atoms with van der Waals surface area (Å²) in [5.74, 6) is 6.37. The molecule has 1 aromatic carbocycles. The summed E-state index contributed by atoms with van der Waals surface area (Å²) in [5, 5.41) is 0. The van der Waals surface area contributed by atoms with E-state index < -0.39 is 0 Å². The molecule has 0 bridgehead atoms. The number of hydrogen-bond donors (Lipinski definition) is 0. The molecule has 117 valence electrons. The number of ether oxygens (including phenoxy) is 1. The maximum Gasteiger partial charge on any atom is 0.197 e. The van der Waals surface area contributed by atoms with Gasteiger partial charge in [0.15, 0.2) is 5.56 Å². The van der Waals surface area contributed by atoms with Crippen LogP contribution in [0.2, 0.25) is 0 Å². The fourth-order valence-electron chi connectivity index (χ4n) is 2.12. The van der Waals surface area contributed by atoms with Gasteiger partial charge < -0.3 is 9.30 Å². The Morgan fingerprint density at radius 1 is 1.39 bits per heavy atom. The molecule has 0 aliphatic rings. The first kappa shape index (κ1) is 20.2. The Morgan fingerprint density at radius 2 is 2.13 bits per heavy atom. The van der Waals surface area contributed by atoms with Crippen molar-refractivity contribution in [2.45, 2.75) is 27.3 Å². The molecule has 2 aromatic rings. The van der Waals surface area contributed by atoms with Gasteiger partial charge in [0, 0.05) is 39.3 Å². The standard InChI is InChI=1S/C18H17BrNO2.Y/c1-4-6-11-22-14-8-9-15(16(19)12-14)17-10-7-13(3)18(21)20(17)5-2;/h7-9,12H,5,11H2,1-3H3;/q-1;. The van der Waals surface area contributed by atoms with Gasteiger partial charge in [-0.25, -0.2) is 0 Å². The molecule has 0 aliphatic carbocycles. The second-order valence-electron chi connectivity index (χ2n) is 4.73. The number of benzene rings is 1. The van der Waals surface area contributed by atoms with Gasteiger partial charge in [-0.1, -0.05) is 45.6 Å². The summed E-state index contributed by atoms with van der Waals surface area (Å²) in [4.78, 5) is 12.2. The minimum atomic E-state index is 0. The van der Waals surface area contributed by atoms with Crippen LogP contribution in [0.25, 0.3) is 11.3 Å². The topological polar surface area (TPSA) is 31.2 Å². The van der Waals surface area contributed by atoms with Crippen molar-refractivity contribution in [1.82, 2.24) is 4.57 Å². The SMILES string of the molecule is CC#CCOc1ccc(-c2[c-]cc(C)c(=O)n2CC)c(Br)c1.[Y]. The maximum atomic E-state index is 12.2. The van der Waals surface area contributed by atoms with E-state index in [1.54, 1.807) is 24.5 Å². The first-order valence-corrected chi connectivity index (χ1v) is 7.82. The van der Waals surface area contributed by atoms with Crippen LogP contribution < -0.4 is 10.3 Å². The fraction of sp³-hybridized carbons (Fsp3) is 0.278. The smallest absolute Gasteiger partial charge is 0.197 e. The van der Waals surface area contributed by atoms with Crippen molar-refractivity contribution < 1.29 is 37.4 Å².